The molecular weight excluding hydrogens is 1120 g/mol. The first-order chi connectivity index (χ1) is 35.6. The second-order valence-electron chi connectivity index (χ2n) is 22.7. The van der Waals surface area contributed by atoms with Crippen LogP contribution in [0.15, 0.2) is 99.2 Å². The molecule has 430 valence electrons. The van der Waals surface area contributed by atoms with Gasteiger partial charge in [0.15, 0.2) is 19.7 Å². The Hall–Kier alpha value is -5.76. The van der Waals surface area contributed by atoms with Crippen LogP contribution in [0, 0.1) is 0 Å². The molecule has 4 aromatic carbocycles. The highest BCUT2D eigenvalue weighted by atomic mass is 79.9. The number of halogens is 1. The Bertz CT molecular complexity index is 2970. The number of anilines is 4. The van der Waals surface area contributed by atoms with E-state index in [2.05, 4.69) is 37.2 Å². The standard InChI is InChI=1S/C24H32N2O7S.C22H35BN2O6.C8H9BrO3S/c1-23(2,3)32-21(28)25-18-12-11-16(15-19(18)26-22(29)33-24(4,5)6)17-9-7-8-10-20(17)34(30,31)14-13-27;1-19(2,3)28-17(26)24-15-12-11-14(23-30-21(7,8)22(9,10)31-23)13-16(15)25-18(27)29-20(4,5)6;9-7-3-1-2-4-8(7)13(11,12)6-5-10/h7-12,15,27H,13-14H2,1-6H3,(H,25,28)(H,26,29);11-13H,1-10H3,(H,24,26)(H,25,27);1-4,10H,5-6H2. The van der Waals surface area contributed by atoms with Gasteiger partial charge in [-0.15, -0.1) is 0 Å². The summed E-state index contributed by atoms with van der Waals surface area (Å²) in [4.78, 5) is 49.7. The zero-order valence-electron chi connectivity index (χ0n) is 47.3. The van der Waals surface area contributed by atoms with Crippen LogP contribution in [-0.2, 0) is 47.9 Å². The van der Waals surface area contributed by atoms with Crippen LogP contribution in [0.25, 0.3) is 11.1 Å². The third-order valence-corrected chi connectivity index (χ3v) is 15.0. The van der Waals surface area contributed by atoms with E-state index < -0.39 is 97.1 Å². The van der Waals surface area contributed by atoms with Crippen LogP contribution in [-0.4, -0.2) is 117 Å². The molecule has 1 aliphatic heterocycles. The van der Waals surface area contributed by atoms with E-state index in [0.29, 0.717) is 32.4 Å². The number of benzene rings is 4. The van der Waals surface area contributed by atoms with Gasteiger partial charge in [-0.05, 0) is 180 Å². The summed E-state index contributed by atoms with van der Waals surface area (Å²) in [5, 5.41) is 28.3. The van der Waals surface area contributed by atoms with E-state index >= 15 is 0 Å². The van der Waals surface area contributed by atoms with Crippen molar-refractivity contribution in [2.75, 3.05) is 46.0 Å². The summed E-state index contributed by atoms with van der Waals surface area (Å²) in [6, 6.07) is 22.7. The molecule has 24 heteroatoms. The van der Waals surface area contributed by atoms with Crippen molar-refractivity contribution in [1.29, 1.82) is 0 Å². The number of ether oxygens (including phenoxy) is 4. The van der Waals surface area contributed by atoms with Gasteiger partial charge in [0.1, 0.15) is 22.4 Å². The van der Waals surface area contributed by atoms with Crippen LogP contribution in [0.3, 0.4) is 0 Å². The van der Waals surface area contributed by atoms with E-state index in [9.17, 15) is 36.0 Å². The molecule has 0 radical (unpaired) electrons. The van der Waals surface area contributed by atoms with Crippen molar-refractivity contribution in [3.05, 3.63) is 89.4 Å². The summed E-state index contributed by atoms with van der Waals surface area (Å²) >= 11 is 3.14. The maximum Gasteiger partial charge on any atom is 0.494 e. The molecule has 0 aromatic heterocycles. The highest BCUT2D eigenvalue weighted by Gasteiger charge is 2.52. The van der Waals surface area contributed by atoms with Crippen molar-refractivity contribution >= 4 is 95.3 Å². The Morgan fingerprint density at radius 2 is 0.859 bits per heavy atom. The fourth-order valence-corrected chi connectivity index (χ4v) is 10.0. The minimum atomic E-state index is -3.75. The number of rotatable bonds is 12. The fourth-order valence-electron chi connectivity index (χ4n) is 6.61. The number of carbonyl (C=O) groups is 4. The minimum Gasteiger partial charge on any atom is -0.444 e. The summed E-state index contributed by atoms with van der Waals surface area (Å²) in [6.45, 7) is 27.9. The Balaban J connectivity index is 0.000000335. The molecule has 4 aromatic rings. The van der Waals surface area contributed by atoms with Crippen LogP contribution in [0.4, 0.5) is 41.9 Å². The Morgan fingerprint density at radius 3 is 1.26 bits per heavy atom. The molecule has 0 saturated carbocycles. The van der Waals surface area contributed by atoms with Crippen molar-refractivity contribution in [3.8, 4) is 11.1 Å². The van der Waals surface area contributed by atoms with Crippen molar-refractivity contribution in [1.82, 2.24) is 0 Å². The van der Waals surface area contributed by atoms with Crippen LogP contribution < -0.4 is 26.7 Å². The molecule has 0 atom stereocenters. The molecule has 0 bridgehead atoms. The zero-order chi connectivity index (χ0) is 59.5. The number of sulfone groups is 2. The topological polar surface area (TPSA) is 281 Å². The molecule has 20 nitrogen and oxygen atoms in total. The lowest BCUT2D eigenvalue weighted by Gasteiger charge is -2.32. The lowest BCUT2D eigenvalue weighted by atomic mass is 9.78. The van der Waals surface area contributed by atoms with Gasteiger partial charge in [-0.25, -0.2) is 36.0 Å². The molecule has 1 fully saturated rings. The molecule has 1 heterocycles. The van der Waals surface area contributed by atoms with Gasteiger partial charge in [0.25, 0.3) is 0 Å². The summed E-state index contributed by atoms with van der Waals surface area (Å²) in [5.41, 5.74) is -1.18. The summed E-state index contributed by atoms with van der Waals surface area (Å²) in [7, 11) is -7.71. The molecule has 0 unspecified atom stereocenters. The first kappa shape index (κ1) is 66.5. The van der Waals surface area contributed by atoms with Crippen LogP contribution in [0.5, 0.6) is 0 Å². The maximum absolute atomic E-state index is 12.7. The minimum absolute atomic E-state index is 0.0418. The number of aliphatic hydroxyl groups is 2. The van der Waals surface area contributed by atoms with Crippen molar-refractivity contribution in [2.24, 2.45) is 0 Å². The van der Waals surface area contributed by atoms with E-state index in [1.807, 2.05) is 27.7 Å². The molecule has 5 rings (SSSR count). The predicted molar refractivity (Wildman–Crippen MR) is 306 cm³/mol. The van der Waals surface area contributed by atoms with Gasteiger partial charge in [0, 0.05) is 10.0 Å². The molecule has 0 spiro atoms. The first-order valence-corrected chi connectivity index (χ1v) is 28.8. The number of nitrogens with one attached hydrogen (secondary N) is 4. The Labute approximate surface area is 468 Å². The summed E-state index contributed by atoms with van der Waals surface area (Å²) in [6.07, 6.45) is -2.76. The third-order valence-electron chi connectivity index (χ3n) is 10.6. The average Bonchev–Trinajstić information content (AvgIpc) is 3.48. The highest BCUT2D eigenvalue weighted by molar-refractivity contribution is 9.10. The van der Waals surface area contributed by atoms with Gasteiger partial charge in [0.05, 0.1) is 68.5 Å². The molecule has 6 N–H and O–H groups in total. The average molecular weight is 1190 g/mol. The molecule has 1 aliphatic rings. The van der Waals surface area contributed by atoms with E-state index in [1.165, 1.54) is 24.3 Å². The van der Waals surface area contributed by atoms with Gasteiger partial charge in [0.2, 0.25) is 0 Å². The van der Waals surface area contributed by atoms with E-state index in [1.54, 1.807) is 144 Å². The van der Waals surface area contributed by atoms with Gasteiger partial charge in [-0.3, -0.25) is 21.3 Å². The summed E-state index contributed by atoms with van der Waals surface area (Å²) in [5.74, 6) is -0.666. The lowest BCUT2D eigenvalue weighted by Crippen LogP contribution is -2.41. The monoisotopic (exact) mass is 1190 g/mol. The highest BCUT2D eigenvalue weighted by Crippen LogP contribution is 2.38. The van der Waals surface area contributed by atoms with Crippen molar-refractivity contribution in [3.63, 3.8) is 0 Å². The number of hydrogen-bond acceptors (Lipinski definition) is 16. The zero-order valence-corrected chi connectivity index (χ0v) is 50.5. The largest absolute Gasteiger partial charge is 0.494 e. The van der Waals surface area contributed by atoms with Gasteiger partial charge < -0.3 is 38.5 Å². The van der Waals surface area contributed by atoms with Gasteiger partial charge in [-0.1, -0.05) is 42.5 Å². The normalized spacial score (nSPS) is 14.3. The van der Waals surface area contributed by atoms with E-state index in [0.717, 1.165) is 0 Å². The van der Waals surface area contributed by atoms with E-state index in [4.69, 9.17) is 38.5 Å². The van der Waals surface area contributed by atoms with Crippen LogP contribution >= 0.6 is 15.9 Å². The van der Waals surface area contributed by atoms with Gasteiger partial charge >= 0.3 is 31.5 Å². The maximum atomic E-state index is 12.7. The molecule has 4 amide bonds. The number of carbonyl (C=O) groups excluding carboxylic acids is 4. The molecular formula is C54H76BBrN4O16S2. The fraction of sp³-hybridized carbons (Fsp3) is 0.481. The van der Waals surface area contributed by atoms with Crippen molar-refractivity contribution < 1.29 is 74.5 Å². The van der Waals surface area contributed by atoms with Gasteiger partial charge in [-0.2, -0.15) is 0 Å². The predicted octanol–water partition coefficient (Wildman–Crippen LogP) is 10.7. The number of amides is 4. The quantitative estimate of drug-likeness (QED) is 0.0568. The molecule has 1 saturated heterocycles. The molecule has 0 aliphatic carbocycles. The lowest BCUT2D eigenvalue weighted by molar-refractivity contribution is 0.00578. The van der Waals surface area contributed by atoms with Crippen LogP contribution in [0.1, 0.15) is 111 Å². The Kier molecular flexibility index (Phi) is 22.6. The first-order valence-electron chi connectivity index (χ1n) is 24.7. The van der Waals surface area contributed by atoms with Crippen LogP contribution in [0.2, 0.25) is 0 Å². The Morgan fingerprint density at radius 1 is 0.513 bits per heavy atom. The molecule has 78 heavy (non-hydrogen) atoms. The second-order valence-corrected chi connectivity index (χ2v) is 27.7. The second kappa shape index (κ2) is 26.5. The smallest absolute Gasteiger partial charge is 0.444 e. The number of hydrogen-bond donors (Lipinski definition) is 6. The SMILES string of the molecule is CC(C)(C)OC(=O)Nc1ccc(-c2ccccc2S(=O)(=O)CCO)cc1NC(=O)OC(C)(C)C.CC(C)(C)OC(=O)Nc1ccc(B2OC(C)(C)C(C)(C)O2)cc1NC(=O)OC(C)(C)C.O=S(=O)(CCO)c1ccccc1Br. The number of aliphatic hydroxyl groups excluding tert-OH is 2. The summed E-state index contributed by atoms with van der Waals surface area (Å²) < 4.78 is 82.3. The third kappa shape index (κ3) is 21.5. The van der Waals surface area contributed by atoms with Crippen molar-refractivity contribution in [2.45, 2.75) is 154 Å². The van der Waals surface area contributed by atoms with E-state index in [-0.39, 0.29) is 33.5 Å².